The van der Waals surface area contributed by atoms with Crippen molar-refractivity contribution < 1.29 is 13.9 Å². The van der Waals surface area contributed by atoms with Crippen molar-refractivity contribution in [3.8, 4) is 0 Å². The SMILES string of the molecule is NCC(F)(F)CO. The number of halogens is 2. The van der Waals surface area contributed by atoms with Gasteiger partial charge in [-0.15, -0.1) is 0 Å². The van der Waals surface area contributed by atoms with Crippen LogP contribution in [0.4, 0.5) is 8.78 Å². The van der Waals surface area contributed by atoms with Crippen LogP contribution in [0.25, 0.3) is 0 Å². The lowest BCUT2D eigenvalue weighted by molar-refractivity contribution is -0.0408. The van der Waals surface area contributed by atoms with E-state index in [2.05, 4.69) is 5.73 Å². The van der Waals surface area contributed by atoms with E-state index in [1.54, 1.807) is 0 Å². The maximum Gasteiger partial charge on any atom is 0.282 e. The van der Waals surface area contributed by atoms with Gasteiger partial charge in [0, 0.05) is 0 Å². The summed E-state index contributed by atoms with van der Waals surface area (Å²) in [5, 5.41) is 7.76. The summed E-state index contributed by atoms with van der Waals surface area (Å²) in [6.07, 6.45) is 0. The Morgan fingerprint density at radius 1 is 1.57 bits per heavy atom. The lowest BCUT2D eigenvalue weighted by Crippen LogP contribution is -2.31. The van der Waals surface area contributed by atoms with Crippen LogP contribution < -0.4 is 5.73 Å². The predicted molar refractivity (Wildman–Crippen MR) is 21.1 cm³/mol. The molecule has 0 aromatic rings. The third kappa shape index (κ3) is 2.47. The van der Waals surface area contributed by atoms with E-state index in [1.165, 1.54) is 0 Å². The Labute approximate surface area is 39.9 Å². The monoisotopic (exact) mass is 111 g/mol. The number of alkyl halides is 2. The standard InChI is InChI=1S/C3H7F2NO/c4-3(5,1-6)2-7/h7H,1-2,6H2. The normalized spacial score (nSPS) is 12.0. The minimum absolute atomic E-state index is 0.788. The molecule has 0 aromatic carbocycles. The van der Waals surface area contributed by atoms with Crippen molar-refractivity contribution in [3.05, 3.63) is 0 Å². The number of nitrogens with two attached hydrogens (primary N) is 1. The van der Waals surface area contributed by atoms with Crippen LogP contribution in [0.1, 0.15) is 0 Å². The molecule has 0 saturated heterocycles. The zero-order chi connectivity index (χ0) is 5.91. The highest BCUT2D eigenvalue weighted by atomic mass is 19.3. The Bertz CT molecular complexity index is 50.9. The van der Waals surface area contributed by atoms with Crippen LogP contribution in [-0.2, 0) is 0 Å². The van der Waals surface area contributed by atoms with E-state index in [4.69, 9.17) is 5.11 Å². The van der Waals surface area contributed by atoms with Gasteiger partial charge in [-0.2, -0.15) is 0 Å². The Balaban J connectivity index is 3.36. The van der Waals surface area contributed by atoms with E-state index in [1.807, 2.05) is 0 Å². The number of aliphatic hydroxyl groups excluding tert-OH is 1. The van der Waals surface area contributed by atoms with Crippen LogP contribution in [0.15, 0.2) is 0 Å². The Morgan fingerprint density at radius 2 is 2.00 bits per heavy atom. The van der Waals surface area contributed by atoms with Crippen molar-refractivity contribution in [2.45, 2.75) is 5.92 Å². The zero-order valence-corrected chi connectivity index (χ0v) is 3.69. The molecule has 0 amide bonds. The van der Waals surface area contributed by atoms with Crippen LogP contribution in [0.3, 0.4) is 0 Å². The average molecular weight is 111 g/mol. The van der Waals surface area contributed by atoms with Gasteiger partial charge in [-0.25, -0.2) is 8.78 Å². The van der Waals surface area contributed by atoms with Gasteiger partial charge in [-0.1, -0.05) is 0 Å². The molecule has 0 rings (SSSR count). The molecule has 0 heterocycles. The lowest BCUT2D eigenvalue weighted by Gasteiger charge is -2.07. The fourth-order valence-corrected chi connectivity index (χ4v) is 0.0645. The van der Waals surface area contributed by atoms with Gasteiger partial charge in [0.2, 0.25) is 0 Å². The highest BCUT2D eigenvalue weighted by molar-refractivity contribution is 4.62. The lowest BCUT2D eigenvalue weighted by atomic mass is 10.4. The van der Waals surface area contributed by atoms with Gasteiger partial charge in [0.1, 0.15) is 6.61 Å². The number of rotatable bonds is 2. The van der Waals surface area contributed by atoms with Crippen molar-refractivity contribution in [2.24, 2.45) is 5.73 Å². The van der Waals surface area contributed by atoms with E-state index in [-0.39, 0.29) is 0 Å². The molecule has 44 valence electrons. The molecule has 3 N–H and O–H groups in total. The molecule has 0 radical (unpaired) electrons. The molecule has 0 aliphatic heterocycles. The smallest absolute Gasteiger partial charge is 0.282 e. The summed E-state index contributed by atoms with van der Waals surface area (Å²) in [7, 11) is 0. The molecule has 4 heteroatoms. The first-order chi connectivity index (χ1) is 3.12. The van der Waals surface area contributed by atoms with E-state index >= 15 is 0 Å². The highest BCUT2D eigenvalue weighted by Crippen LogP contribution is 2.07. The minimum Gasteiger partial charge on any atom is -0.390 e. The van der Waals surface area contributed by atoms with Crippen molar-refractivity contribution in [2.75, 3.05) is 13.2 Å². The fraction of sp³-hybridized carbons (Fsp3) is 1.00. The number of hydrogen-bond acceptors (Lipinski definition) is 2. The third-order valence-corrected chi connectivity index (χ3v) is 0.530. The molecule has 0 aliphatic rings. The molecule has 0 atom stereocenters. The van der Waals surface area contributed by atoms with Crippen LogP contribution >= 0.6 is 0 Å². The van der Waals surface area contributed by atoms with Crippen molar-refractivity contribution in [1.82, 2.24) is 0 Å². The molecule has 0 unspecified atom stereocenters. The zero-order valence-electron chi connectivity index (χ0n) is 3.69. The first-order valence-corrected chi connectivity index (χ1v) is 1.81. The summed E-state index contributed by atoms with van der Waals surface area (Å²) < 4.78 is 23.0. The Kier molecular flexibility index (Phi) is 2.11. The van der Waals surface area contributed by atoms with Crippen molar-refractivity contribution in [3.63, 3.8) is 0 Å². The summed E-state index contributed by atoms with van der Waals surface area (Å²) in [6, 6.07) is 0. The van der Waals surface area contributed by atoms with Gasteiger partial charge in [-0.3, -0.25) is 0 Å². The van der Waals surface area contributed by atoms with Gasteiger partial charge in [-0.05, 0) is 0 Å². The first kappa shape index (κ1) is 6.78. The second kappa shape index (κ2) is 2.18. The van der Waals surface area contributed by atoms with E-state index in [9.17, 15) is 8.78 Å². The average Bonchev–Trinajstić information content (AvgIpc) is 1.68. The summed E-state index contributed by atoms with van der Waals surface area (Å²) in [6.45, 7) is -1.95. The molecule has 0 aliphatic carbocycles. The Hall–Kier alpha value is -0.220. The second-order valence-electron chi connectivity index (χ2n) is 1.22. The fourth-order valence-electron chi connectivity index (χ4n) is 0.0645. The van der Waals surface area contributed by atoms with E-state index in [0.717, 1.165) is 0 Å². The molecule has 0 bridgehead atoms. The molecule has 7 heavy (non-hydrogen) atoms. The molecule has 0 spiro atoms. The highest BCUT2D eigenvalue weighted by Gasteiger charge is 2.24. The number of hydrogen-bond donors (Lipinski definition) is 2. The minimum atomic E-state index is -3.08. The predicted octanol–water partition coefficient (Wildman–Crippen LogP) is -0.427. The van der Waals surface area contributed by atoms with Crippen LogP contribution in [0, 0.1) is 0 Å². The van der Waals surface area contributed by atoms with Gasteiger partial charge >= 0.3 is 0 Å². The largest absolute Gasteiger partial charge is 0.390 e. The summed E-state index contributed by atoms with van der Waals surface area (Å²) in [4.78, 5) is 0. The van der Waals surface area contributed by atoms with Gasteiger partial charge in [0.05, 0.1) is 6.54 Å². The summed E-state index contributed by atoms with van der Waals surface area (Å²) in [5.41, 5.74) is 4.51. The van der Waals surface area contributed by atoms with Crippen molar-refractivity contribution in [1.29, 1.82) is 0 Å². The first-order valence-electron chi connectivity index (χ1n) is 1.81. The topological polar surface area (TPSA) is 46.2 Å². The van der Waals surface area contributed by atoms with Gasteiger partial charge in [0.15, 0.2) is 0 Å². The second-order valence-corrected chi connectivity index (χ2v) is 1.22. The molecular formula is C3H7F2NO. The maximum atomic E-state index is 11.5. The van der Waals surface area contributed by atoms with Crippen LogP contribution in [-0.4, -0.2) is 24.2 Å². The van der Waals surface area contributed by atoms with Crippen LogP contribution in [0.5, 0.6) is 0 Å². The van der Waals surface area contributed by atoms with E-state index in [0.29, 0.717) is 0 Å². The maximum absolute atomic E-state index is 11.5. The van der Waals surface area contributed by atoms with Crippen molar-refractivity contribution >= 4 is 0 Å². The van der Waals surface area contributed by atoms with Gasteiger partial charge < -0.3 is 10.8 Å². The van der Waals surface area contributed by atoms with Gasteiger partial charge in [0.25, 0.3) is 5.92 Å². The van der Waals surface area contributed by atoms with Crippen LogP contribution in [0.2, 0.25) is 0 Å². The molecule has 0 saturated carbocycles. The number of aliphatic hydroxyl groups is 1. The molecule has 0 aromatic heterocycles. The summed E-state index contributed by atoms with van der Waals surface area (Å²) in [5.74, 6) is -3.08. The quantitative estimate of drug-likeness (QED) is 0.508. The molecule has 2 nitrogen and oxygen atoms in total. The Morgan fingerprint density at radius 3 is 2.00 bits per heavy atom. The molecular weight excluding hydrogens is 104 g/mol. The summed E-state index contributed by atoms with van der Waals surface area (Å²) >= 11 is 0. The molecule has 0 fully saturated rings. The third-order valence-electron chi connectivity index (χ3n) is 0.530. The van der Waals surface area contributed by atoms with E-state index < -0.39 is 19.1 Å².